The maximum absolute atomic E-state index is 13.3. The van der Waals surface area contributed by atoms with E-state index in [1.165, 1.54) is 29.3 Å². The van der Waals surface area contributed by atoms with Crippen LogP contribution in [0.2, 0.25) is 0 Å². The number of benzene rings is 2. The molecule has 1 aromatic heterocycles. The fourth-order valence-corrected chi connectivity index (χ4v) is 3.58. The van der Waals surface area contributed by atoms with Crippen LogP contribution in [0.5, 0.6) is 0 Å². The summed E-state index contributed by atoms with van der Waals surface area (Å²) in [4.78, 5) is 32.6. The monoisotopic (exact) mass is 434 g/mol. The molecule has 2 aromatic carbocycles. The van der Waals surface area contributed by atoms with Crippen LogP contribution in [-0.4, -0.2) is 33.5 Å². The first-order valence-corrected chi connectivity index (χ1v) is 10.3. The number of H-pyrrole nitrogens is 1. The van der Waals surface area contributed by atoms with Crippen LogP contribution in [0.15, 0.2) is 65.9 Å². The Kier molecular flexibility index (Phi) is 5.98. The first-order chi connectivity index (χ1) is 15.5. The van der Waals surface area contributed by atoms with Crippen molar-refractivity contribution >= 4 is 23.2 Å². The number of hydrogen-bond donors (Lipinski definition) is 3. The zero-order valence-corrected chi connectivity index (χ0v) is 17.5. The minimum atomic E-state index is -0.824. The summed E-state index contributed by atoms with van der Waals surface area (Å²) >= 11 is 0. The molecule has 0 bridgehead atoms. The Bertz CT molecular complexity index is 1140. The Balaban J connectivity index is 1.52. The Morgan fingerprint density at radius 2 is 1.94 bits per heavy atom. The van der Waals surface area contributed by atoms with E-state index in [2.05, 4.69) is 20.4 Å². The molecular formula is C23H23FN6O2. The average Bonchev–Trinajstić information content (AvgIpc) is 3.47. The van der Waals surface area contributed by atoms with Crippen molar-refractivity contribution in [1.82, 2.24) is 15.3 Å². The van der Waals surface area contributed by atoms with Crippen molar-refractivity contribution in [2.75, 3.05) is 5.01 Å². The van der Waals surface area contributed by atoms with Gasteiger partial charge in [-0.1, -0.05) is 37.3 Å². The number of nitrogens with two attached hydrogens (primary N) is 1. The van der Waals surface area contributed by atoms with Crippen molar-refractivity contribution in [2.24, 2.45) is 10.8 Å². The summed E-state index contributed by atoms with van der Waals surface area (Å²) in [6.45, 7) is 1.93. The third-order valence-corrected chi connectivity index (χ3v) is 5.32. The predicted octanol–water partition coefficient (Wildman–Crippen LogP) is 2.90. The quantitative estimate of drug-likeness (QED) is 0.530. The van der Waals surface area contributed by atoms with Gasteiger partial charge >= 0.3 is 0 Å². The number of carbonyl (C=O) groups is 2. The second kappa shape index (κ2) is 9.01. The minimum absolute atomic E-state index is 0.0579. The number of aromatic amines is 1. The topological polar surface area (TPSA) is 116 Å². The number of aromatic nitrogens is 2. The number of hydrazone groups is 1. The largest absolute Gasteiger partial charge is 0.368 e. The zero-order chi connectivity index (χ0) is 22.7. The van der Waals surface area contributed by atoms with Gasteiger partial charge in [-0.05, 0) is 36.2 Å². The second-order valence-corrected chi connectivity index (χ2v) is 7.47. The van der Waals surface area contributed by atoms with E-state index < -0.39 is 23.7 Å². The number of halogens is 1. The number of anilines is 1. The van der Waals surface area contributed by atoms with Crippen molar-refractivity contribution in [3.8, 4) is 11.3 Å². The molecule has 0 saturated heterocycles. The molecule has 0 radical (unpaired) electrons. The van der Waals surface area contributed by atoms with Crippen molar-refractivity contribution < 1.29 is 14.0 Å². The molecule has 8 nitrogen and oxygen atoms in total. The molecule has 3 aromatic rings. The normalized spacial score (nSPS) is 16.5. The Morgan fingerprint density at radius 3 is 2.59 bits per heavy atom. The molecule has 1 aliphatic heterocycles. The highest BCUT2D eigenvalue weighted by molar-refractivity contribution is 6.40. The van der Waals surface area contributed by atoms with Gasteiger partial charge in [-0.2, -0.15) is 5.10 Å². The van der Waals surface area contributed by atoms with Gasteiger partial charge in [0.05, 0.1) is 23.6 Å². The highest BCUT2D eigenvalue weighted by Gasteiger charge is 2.35. The molecule has 4 rings (SSSR count). The lowest BCUT2D eigenvalue weighted by atomic mass is 10.1. The number of nitrogens with zero attached hydrogens (tertiary/aromatic N) is 3. The van der Waals surface area contributed by atoms with Gasteiger partial charge in [0.1, 0.15) is 23.4 Å². The molecule has 164 valence electrons. The van der Waals surface area contributed by atoms with Crippen LogP contribution >= 0.6 is 0 Å². The fraction of sp³-hybridized carbons (Fsp3) is 0.217. The lowest BCUT2D eigenvalue weighted by Gasteiger charge is -2.20. The minimum Gasteiger partial charge on any atom is -0.368 e. The number of imidazole rings is 1. The lowest BCUT2D eigenvalue weighted by molar-refractivity contribution is -0.119. The van der Waals surface area contributed by atoms with Gasteiger partial charge in [-0.25, -0.2) is 9.37 Å². The number of carbonyl (C=O) groups excluding carboxylic acids is 2. The van der Waals surface area contributed by atoms with Gasteiger partial charge in [-0.3, -0.25) is 14.6 Å². The van der Waals surface area contributed by atoms with Crippen LogP contribution < -0.4 is 16.1 Å². The van der Waals surface area contributed by atoms with Gasteiger partial charge < -0.3 is 16.0 Å². The molecule has 2 unspecified atom stereocenters. The summed E-state index contributed by atoms with van der Waals surface area (Å²) in [6.07, 6.45) is 2.38. The standard InChI is InChI=1S/C23H23FN6O2/c1-2-17(22-26-13-19(27-22)14-6-4-3-5-7-14)28-23(32)18-12-20(21(25)31)30(29-18)16-10-8-15(24)9-11-16/h3-11,13,17,20H,2,12H2,1H3,(H2,25,31)(H,26,27)(H,28,32). The molecule has 2 atom stereocenters. The predicted molar refractivity (Wildman–Crippen MR) is 119 cm³/mol. The van der Waals surface area contributed by atoms with Gasteiger partial charge in [0.25, 0.3) is 5.91 Å². The molecule has 0 saturated carbocycles. The van der Waals surface area contributed by atoms with Crippen molar-refractivity contribution in [2.45, 2.75) is 31.8 Å². The molecule has 0 aliphatic carbocycles. The van der Waals surface area contributed by atoms with Crippen LogP contribution in [0.4, 0.5) is 10.1 Å². The lowest BCUT2D eigenvalue weighted by Crippen LogP contribution is -2.40. The highest BCUT2D eigenvalue weighted by atomic mass is 19.1. The SMILES string of the molecule is CCC(NC(=O)C1=NN(c2ccc(F)cc2)C(C(N)=O)C1)c1ncc(-c2ccccc2)[nH]1. The third-order valence-electron chi connectivity index (χ3n) is 5.32. The van der Waals surface area contributed by atoms with Crippen LogP contribution in [0, 0.1) is 5.82 Å². The van der Waals surface area contributed by atoms with E-state index in [4.69, 9.17) is 5.73 Å². The van der Waals surface area contributed by atoms with Crippen LogP contribution in [0.1, 0.15) is 31.6 Å². The highest BCUT2D eigenvalue weighted by Crippen LogP contribution is 2.26. The molecule has 0 spiro atoms. The zero-order valence-electron chi connectivity index (χ0n) is 17.5. The molecule has 9 heteroatoms. The van der Waals surface area contributed by atoms with Crippen LogP contribution in [0.25, 0.3) is 11.3 Å². The molecule has 2 heterocycles. The number of primary amides is 1. The van der Waals surface area contributed by atoms with E-state index in [1.54, 1.807) is 6.20 Å². The molecular weight excluding hydrogens is 411 g/mol. The van der Waals surface area contributed by atoms with Gasteiger partial charge in [-0.15, -0.1) is 0 Å². The maximum Gasteiger partial charge on any atom is 0.268 e. The summed E-state index contributed by atoms with van der Waals surface area (Å²) in [6, 6.07) is 14.1. The Labute approximate surface area is 184 Å². The molecule has 32 heavy (non-hydrogen) atoms. The molecule has 4 N–H and O–H groups in total. The van der Waals surface area contributed by atoms with Crippen molar-refractivity contribution in [1.29, 1.82) is 0 Å². The maximum atomic E-state index is 13.3. The van der Waals surface area contributed by atoms with E-state index in [9.17, 15) is 14.0 Å². The fourth-order valence-electron chi connectivity index (χ4n) is 3.58. The number of hydrogen-bond acceptors (Lipinski definition) is 5. The van der Waals surface area contributed by atoms with E-state index in [1.807, 2.05) is 37.3 Å². The molecule has 2 amide bonds. The first-order valence-electron chi connectivity index (χ1n) is 10.3. The third kappa shape index (κ3) is 4.36. The van der Waals surface area contributed by atoms with E-state index in [0.29, 0.717) is 17.9 Å². The Morgan fingerprint density at radius 1 is 1.22 bits per heavy atom. The van der Waals surface area contributed by atoms with E-state index >= 15 is 0 Å². The first kappa shape index (κ1) is 21.2. The smallest absolute Gasteiger partial charge is 0.268 e. The number of nitrogens with one attached hydrogen (secondary N) is 2. The van der Waals surface area contributed by atoms with Crippen LogP contribution in [0.3, 0.4) is 0 Å². The summed E-state index contributed by atoms with van der Waals surface area (Å²) in [5.74, 6) is -0.818. The molecule has 0 fully saturated rings. The summed E-state index contributed by atoms with van der Waals surface area (Å²) in [5.41, 5.74) is 8.01. The molecule has 1 aliphatic rings. The van der Waals surface area contributed by atoms with Crippen LogP contribution in [-0.2, 0) is 9.59 Å². The summed E-state index contributed by atoms with van der Waals surface area (Å²) < 4.78 is 13.3. The number of rotatable bonds is 7. The van der Waals surface area contributed by atoms with Gasteiger partial charge in [0.2, 0.25) is 5.91 Å². The van der Waals surface area contributed by atoms with E-state index in [-0.39, 0.29) is 18.2 Å². The summed E-state index contributed by atoms with van der Waals surface area (Å²) in [7, 11) is 0. The van der Waals surface area contributed by atoms with E-state index in [0.717, 1.165) is 11.3 Å². The second-order valence-electron chi connectivity index (χ2n) is 7.47. The number of amides is 2. The van der Waals surface area contributed by atoms with Crippen molar-refractivity contribution in [3.05, 3.63) is 72.4 Å². The van der Waals surface area contributed by atoms with Gasteiger partial charge in [0, 0.05) is 6.42 Å². The average molecular weight is 434 g/mol. The summed E-state index contributed by atoms with van der Waals surface area (Å²) in [5, 5.41) is 8.60. The van der Waals surface area contributed by atoms with Crippen molar-refractivity contribution in [3.63, 3.8) is 0 Å². The Hall–Kier alpha value is -4.01. The van der Waals surface area contributed by atoms with Gasteiger partial charge in [0.15, 0.2) is 0 Å².